The Morgan fingerprint density at radius 3 is 3.06 bits per heavy atom. The Labute approximate surface area is 107 Å². The van der Waals surface area contributed by atoms with Gasteiger partial charge in [0, 0.05) is 17.8 Å². The van der Waals surface area contributed by atoms with Gasteiger partial charge in [-0.15, -0.1) is 0 Å². The van der Waals surface area contributed by atoms with E-state index >= 15 is 0 Å². The Morgan fingerprint density at radius 2 is 2.28 bits per heavy atom. The van der Waals surface area contributed by atoms with Crippen molar-refractivity contribution in [1.29, 1.82) is 0 Å². The lowest BCUT2D eigenvalue weighted by Gasteiger charge is -2.13. The Hall–Kier alpha value is -1.68. The normalized spacial score (nSPS) is 19.3. The maximum atomic E-state index is 4.52. The van der Waals surface area contributed by atoms with E-state index in [0.717, 1.165) is 12.2 Å². The Kier molecular flexibility index (Phi) is 3.11. The van der Waals surface area contributed by atoms with Gasteiger partial charge >= 0.3 is 0 Å². The molecule has 0 bridgehead atoms. The van der Waals surface area contributed by atoms with Gasteiger partial charge in [-0.1, -0.05) is 12.5 Å². The molecule has 2 aromatic rings. The molecule has 1 aliphatic carbocycles. The molecule has 1 unspecified atom stereocenters. The fourth-order valence-electron chi connectivity index (χ4n) is 2.70. The summed E-state index contributed by atoms with van der Waals surface area (Å²) in [5.74, 6) is 0.913. The molecular formula is C14H18N4. The third-order valence-corrected chi connectivity index (χ3v) is 3.65. The summed E-state index contributed by atoms with van der Waals surface area (Å²) in [5.41, 5.74) is 2.64. The predicted octanol–water partition coefficient (Wildman–Crippen LogP) is 2.25. The number of pyridine rings is 1. The molecule has 0 amide bonds. The van der Waals surface area contributed by atoms with Crippen LogP contribution in [0.1, 0.15) is 36.6 Å². The van der Waals surface area contributed by atoms with Crippen molar-refractivity contribution in [3.63, 3.8) is 0 Å². The van der Waals surface area contributed by atoms with E-state index in [-0.39, 0.29) is 0 Å². The first-order valence-corrected chi connectivity index (χ1v) is 6.55. The predicted molar refractivity (Wildman–Crippen MR) is 70.7 cm³/mol. The minimum absolute atomic E-state index is 0.431. The number of hydrogen-bond acceptors (Lipinski definition) is 3. The summed E-state index contributed by atoms with van der Waals surface area (Å²) >= 11 is 0. The average Bonchev–Trinajstić information content (AvgIpc) is 2.73. The summed E-state index contributed by atoms with van der Waals surface area (Å²) < 4.78 is 1.99. The van der Waals surface area contributed by atoms with Crippen LogP contribution in [0.2, 0.25) is 0 Å². The zero-order chi connectivity index (χ0) is 12.4. The van der Waals surface area contributed by atoms with Crippen LogP contribution in [0.25, 0.3) is 5.82 Å². The first-order chi connectivity index (χ1) is 8.90. The van der Waals surface area contributed by atoms with Crippen LogP contribution in [0.3, 0.4) is 0 Å². The third kappa shape index (κ3) is 1.93. The van der Waals surface area contributed by atoms with Gasteiger partial charge in [0.1, 0.15) is 0 Å². The number of fused-ring (bicyclic) bond motifs is 1. The number of rotatable bonds is 2. The molecule has 1 aliphatic rings. The molecule has 1 N–H and O–H groups in total. The van der Waals surface area contributed by atoms with Gasteiger partial charge in [-0.25, -0.2) is 9.67 Å². The largest absolute Gasteiger partial charge is 0.313 e. The topological polar surface area (TPSA) is 42.7 Å². The lowest BCUT2D eigenvalue weighted by Crippen LogP contribution is -2.16. The molecule has 0 saturated heterocycles. The van der Waals surface area contributed by atoms with Crippen molar-refractivity contribution in [2.45, 2.75) is 31.7 Å². The second-order valence-corrected chi connectivity index (χ2v) is 4.73. The van der Waals surface area contributed by atoms with Crippen molar-refractivity contribution < 1.29 is 0 Å². The Morgan fingerprint density at radius 1 is 1.33 bits per heavy atom. The number of aromatic nitrogens is 3. The molecule has 0 saturated carbocycles. The molecular weight excluding hydrogens is 224 g/mol. The van der Waals surface area contributed by atoms with E-state index in [1.807, 2.05) is 42.3 Å². The fourth-order valence-corrected chi connectivity index (χ4v) is 2.70. The molecule has 0 fully saturated rings. The summed E-state index contributed by atoms with van der Waals surface area (Å²) in [4.78, 5) is 4.39. The highest BCUT2D eigenvalue weighted by Crippen LogP contribution is 2.29. The van der Waals surface area contributed by atoms with Crippen LogP contribution >= 0.6 is 0 Å². The molecule has 4 nitrogen and oxygen atoms in total. The van der Waals surface area contributed by atoms with Crippen LogP contribution in [0.4, 0.5) is 0 Å². The Balaban J connectivity index is 2.06. The standard InChI is InChI=1S/C14H18N4/c1-15-12-6-2-3-7-13-11(12)10-17-18(13)14-8-4-5-9-16-14/h4-5,8-10,12,15H,2-3,6-7H2,1H3. The summed E-state index contributed by atoms with van der Waals surface area (Å²) in [6, 6.07) is 6.37. The van der Waals surface area contributed by atoms with E-state index in [0.29, 0.717) is 6.04 Å². The van der Waals surface area contributed by atoms with Gasteiger partial charge in [0.05, 0.1) is 11.9 Å². The zero-order valence-corrected chi connectivity index (χ0v) is 10.6. The molecule has 4 heteroatoms. The number of hydrogen-bond donors (Lipinski definition) is 1. The summed E-state index contributed by atoms with van der Waals surface area (Å²) in [6.07, 6.45) is 8.58. The zero-order valence-electron chi connectivity index (χ0n) is 10.6. The van der Waals surface area contributed by atoms with Crippen molar-refractivity contribution in [2.24, 2.45) is 0 Å². The second kappa shape index (κ2) is 4.90. The summed E-state index contributed by atoms with van der Waals surface area (Å²) in [6.45, 7) is 0. The van der Waals surface area contributed by atoms with Gasteiger partial charge in [0.25, 0.3) is 0 Å². The van der Waals surface area contributed by atoms with Crippen molar-refractivity contribution >= 4 is 0 Å². The molecule has 2 aromatic heterocycles. The monoisotopic (exact) mass is 242 g/mol. The van der Waals surface area contributed by atoms with E-state index in [1.54, 1.807) is 0 Å². The van der Waals surface area contributed by atoms with Crippen molar-refractivity contribution in [1.82, 2.24) is 20.1 Å². The molecule has 2 heterocycles. The number of nitrogens with zero attached hydrogens (tertiary/aromatic N) is 3. The van der Waals surface area contributed by atoms with E-state index < -0.39 is 0 Å². The summed E-state index contributed by atoms with van der Waals surface area (Å²) in [5, 5.41) is 7.91. The van der Waals surface area contributed by atoms with Crippen LogP contribution in [-0.2, 0) is 6.42 Å². The van der Waals surface area contributed by atoms with Gasteiger partial charge in [0.2, 0.25) is 0 Å². The van der Waals surface area contributed by atoms with Gasteiger partial charge < -0.3 is 5.32 Å². The quantitative estimate of drug-likeness (QED) is 0.821. The molecule has 18 heavy (non-hydrogen) atoms. The first kappa shape index (κ1) is 11.4. The van der Waals surface area contributed by atoms with E-state index in [9.17, 15) is 0 Å². The minimum Gasteiger partial charge on any atom is -0.313 e. The molecule has 0 aliphatic heterocycles. The van der Waals surface area contributed by atoms with Crippen LogP contribution in [0, 0.1) is 0 Å². The van der Waals surface area contributed by atoms with Crippen molar-refractivity contribution in [3.05, 3.63) is 41.9 Å². The molecule has 1 atom stereocenters. The second-order valence-electron chi connectivity index (χ2n) is 4.73. The highest BCUT2D eigenvalue weighted by atomic mass is 15.3. The van der Waals surface area contributed by atoms with Crippen LogP contribution in [0.5, 0.6) is 0 Å². The van der Waals surface area contributed by atoms with Gasteiger partial charge in [-0.2, -0.15) is 5.10 Å². The fraction of sp³-hybridized carbons (Fsp3) is 0.429. The van der Waals surface area contributed by atoms with Crippen molar-refractivity contribution in [3.8, 4) is 5.82 Å². The van der Waals surface area contributed by atoms with Gasteiger partial charge in [-0.05, 0) is 38.4 Å². The van der Waals surface area contributed by atoms with E-state index in [4.69, 9.17) is 0 Å². The molecule has 0 spiro atoms. The SMILES string of the molecule is CNC1CCCCc2c1cnn2-c1ccccn1. The Bertz CT molecular complexity index is 518. The third-order valence-electron chi connectivity index (χ3n) is 3.65. The minimum atomic E-state index is 0.431. The van der Waals surface area contributed by atoms with E-state index in [1.165, 1.54) is 30.5 Å². The van der Waals surface area contributed by atoms with Crippen molar-refractivity contribution in [2.75, 3.05) is 7.05 Å². The van der Waals surface area contributed by atoms with E-state index in [2.05, 4.69) is 15.4 Å². The molecule has 0 radical (unpaired) electrons. The maximum absolute atomic E-state index is 4.52. The molecule has 0 aromatic carbocycles. The van der Waals surface area contributed by atoms with Gasteiger partial charge in [0.15, 0.2) is 5.82 Å². The smallest absolute Gasteiger partial charge is 0.153 e. The highest BCUT2D eigenvalue weighted by molar-refractivity contribution is 5.31. The van der Waals surface area contributed by atoms with Crippen LogP contribution in [-0.4, -0.2) is 21.8 Å². The van der Waals surface area contributed by atoms with Gasteiger partial charge in [-0.3, -0.25) is 0 Å². The lowest BCUT2D eigenvalue weighted by molar-refractivity contribution is 0.533. The van der Waals surface area contributed by atoms with Crippen LogP contribution < -0.4 is 5.32 Å². The first-order valence-electron chi connectivity index (χ1n) is 6.55. The number of nitrogens with one attached hydrogen (secondary N) is 1. The maximum Gasteiger partial charge on any atom is 0.153 e. The highest BCUT2D eigenvalue weighted by Gasteiger charge is 2.22. The molecule has 94 valence electrons. The average molecular weight is 242 g/mol. The molecule has 3 rings (SSSR count). The summed E-state index contributed by atoms with van der Waals surface area (Å²) in [7, 11) is 2.03. The van der Waals surface area contributed by atoms with Crippen LogP contribution in [0.15, 0.2) is 30.6 Å². The lowest BCUT2D eigenvalue weighted by atomic mass is 10.1.